The highest BCUT2D eigenvalue weighted by molar-refractivity contribution is 5.85. The van der Waals surface area contributed by atoms with Crippen molar-refractivity contribution < 1.29 is 0 Å². The molecule has 2 aromatic rings. The van der Waals surface area contributed by atoms with E-state index >= 15 is 0 Å². The van der Waals surface area contributed by atoms with E-state index in [0.717, 1.165) is 12.0 Å². The van der Waals surface area contributed by atoms with E-state index in [2.05, 4.69) is 50.9 Å². The normalized spacial score (nSPS) is 15.4. The maximum Gasteiger partial charge on any atom is 0.0346 e. The average molecular weight is 256 g/mol. The standard InChI is InChI=1S/C17H24N2/c1-12(17(2,3)4)9-16(18)15-11-19-10-13-7-5-6-8-14(13)15/h5-8,10-12,16H,9,18H2,1-4H3. The first-order valence-electron chi connectivity index (χ1n) is 6.98. The summed E-state index contributed by atoms with van der Waals surface area (Å²) in [5.41, 5.74) is 7.87. The zero-order valence-corrected chi connectivity index (χ0v) is 12.4. The van der Waals surface area contributed by atoms with Gasteiger partial charge in [-0.25, -0.2) is 0 Å². The van der Waals surface area contributed by atoms with Crippen LogP contribution < -0.4 is 5.73 Å². The molecule has 102 valence electrons. The molecule has 0 spiro atoms. The van der Waals surface area contributed by atoms with Gasteiger partial charge in [0.25, 0.3) is 0 Å². The molecule has 0 fully saturated rings. The minimum Gasteiger partial charge on any atom is -0.324 e. The van der Waals surface area contributed by atoms with Crippen molar-refractivity contribution in [1.29, 1.82) is 0 Å². The minimum absolute atomic E-state index is 0.0489. The van der Waals surface area contributed by atoms with E-state index in [0.29, 0.717) is 5.92 Å². The number of rotatable bonds is 3. The molecule has 2 N–H and O–H groups in total. The maximum atomic E-state index is 6.42. The molecule has 0 aliphatic heterocycles. The summed E-state index contributed by atoms with van der Waals surface area (Å²) in [5, 5.41) is 2.39. The Hall–Kier alpha value is -1.41. The van der Waals surface area contributed by atoms with E-state index in [1.165, 1.54) is 10.8 Å². The van der Waals surface area contributed by atoms with Gasteiger partial charge in [0.2, 0.25) is 0 Å². The Labute approximate surface area is 116 Å². The maximum absolute atomic E-state index is 6.42. The third-order valence-corrected chi connectivity index (χ3v) is 4.18. The number of aromatic nitrogens is 1. The second-order valence-corrected chi connectivity index (χ2v) is 6.56. The monoisotopic (exact) mass is 256 g/mol. The molecule has 2 atom stereocenters. The molecular formula is C17H24N2. The van der Waals surface area contributed by atoms with Gasteiger partial charge in [-0.3, -0.25) is 4.98 Å². The first-order valence-corrected chi connectivity index (χ1v) is 6.98. The average Bonchev–Trinajstić information content (AvgIpc) is 2.36. The highest BCUT2D eigenvalue weighted by Gasteiger charge is 2.23. The van der Waals surface area contributed by atoms with Crippen molar-refractivity contribution >= 4 is 10.8 Å². The first kappa shape index (κ1) is 14.0. The zero-order chi connectivity index (χ0) is 14.0. The van der Waals surface area contributed by atoms with Crippen LogP contribution in [0.1, 0.15) is 45.7 Å². The van der Waals surface area contributed by atoms with Crippen LogP contribution in [0.3, 0.4) is 0 Å². The van der Waals surface area contributed by atoms with Crippen molar-refractivity contribution in [1.82, 2.24) is 4.98 Å². The summed E-state index contributed by atoms with van der Waals surface area (Å²) < 4.78 is 0. The van der Waals surface area contributed by atoms with Gasteiger partial charge in [0.1, 0.15) is 0 Å². The summed E-state index contributed by atoms with van der Waals surface area (Å²) in [7, 11) is 0. The molecule has 0 amide bonds. The Balaban J connectivity index is 2.29. The number of hydrogen-bond acceptors (Lipinski definition) is 2. The molecule has 19 heavy (non-hydrogen) atoms. The van der Waals surface area contributed by atoms with Crippen LogP contribution in [0, 0.1) is 11.3 Å². The van der Waals surface area contributed by atoms with E-state index < -0.39 is 0 Å². The predicted molar refractivity (Wildman–Crippen MR) is 81.9 cm³/mol. The van der Waals surface area contributed by atoms with E-state index in [9.17, 15) is 0 Å². The smallest absolute Gasteiger partial charge is 0.0346 e. The molecule has 1 aromatic carbocycles. The quantitative estimate of drug-likeness (QED) is 0.889. The first-order chi connectivity index (χ1) is 8.89. The third-order valence-electron chi connectivity index (χ3n) is 4.18. The van der Waals surface area contributed by atoms with Gasteiger partial charge < -0.3 is 5.73 Å². The molecule has 0 saturated heterocycles. The Morgan fingerprint density at radius 2 is 1.84 bits per heavy atom. The van der Waals surface area contributed by atoms with Crippen LogP contribution >= 0.6 is 0 Å². The summed E-state index contributed by atoms with van der Waals surface area (Å²) >= 11 is 0. The largest absolute Gasteiger partial charge is 0.324 e. The van der Waals surface area contributed by atoms with Crippen LogP contribution in [0.15, 0.2) is 36.7 Å². The van der Waals surface area contributed by atoms with E-state index in [4.69, 9.17) is 5.73 Å². The summed E-state index contributed by atoms with van der Waals surface area (Å²) in [5.74, 6) is 0.571. The molecule has 0 radical (unpaired) electrons. The summed E-state index contributed by atoms with van der Waals surface area (Å²) in [6.45, 7) is 9.08. The lowest BCUT2D eigenvalue weighted by molar-refractivity contribution is 0.234. The van der Waals surface area contributed by atoms with Gasteiger partial charge >= 0.3 is 0 Å². The van der Waals surface area contributed by atoms with Crippen LogP contribution in [0.5, 0.6) is 0 Å². The van der Waals surface area contributed by atoms with Gasteiger partial charge in [-0.1, -0.05) is 52.0 Å². The van der Waals surface area contributed by atoms with Crippen molar-refractivity contribution in [3.05, 3.63) is 42.2 Å². The van der Waals surface area contributed by atoms with Crippen LogP contribution in [-0.4, -0.2) is 4.98 Å². The Morgan fingerprint density at radius 1 is 1.16 bits per heavy atom. The lowest BCUT2D eigenvalue weighted by Gasteiger charge is -2.29. The third kappa shape index (κ3) is 3.13. The molecular weight excluding hydrogens is 232 g/mol. The highest BCUT2D eigenvalue weighted by Crippen LogP contribution is 2.33. The van der Waals surface area contributed by atoms with Gasteiger partial charge in [-0.05, 0) is 28.7 Å². The fourth-order valence-corrected chi connectivity index (χ4v) is 2.30. The number of benzene rings is 1. The van der Waals surface area contributed by atoms with Gasteiger partial charge in [0.15, 0.2) is 0 Å². The number of pyridine rings is 1. The van der Waals surface area contributed by atoms with E-state index in [1.807, 2.05) is 18.5 Å². The number of hydrogen-bond donors (Lipinski definition) is 1. The fraction of sp³-hybridized carbons (Fsp3) is 0.471. The van der Waals surface area contributed by atoms with Crippen molar-refractivity contribution in [2.24, 2.45) is 17.1 Å². The van der Waals surface area contributed by atoms with Gasteiger partial charge in [0, 0.05) is 23.8 Å². The van der Waals surface area contributed by atoms with Crippen LogP contribution in [-0.2, 0) is 0 Å². The molecule has 2 nitrogen and oxygen atoms in total. The number of nitrogens with zero attached hydrogens (tertiary/aromatic N) is 1. The Morgan fingerprint density at radius 3 is 2.53 bits per heavy atom. The predicted octanol–water partition coefficient (Wildman–Crippen LogP) is 4.31. The molecule has 2 unspecified atom stereocenters. The fourth-order valence-electron chi connectivity index (χ4n) is 2.30. The second kappa shape index (κ2) is 5.30. The molecule has 1 aromatic heterocycles. The SMILES string of the molecule is CC(CC(N)c1cncc2ccccc12)C(C)(C)C. The van der Waals surface area contributed by atoms with Crippen molar-refractivity contribution in [2.45, 2.75) is 40.2 Å². The van der Waals surface area contributed by atoms with Crippen molar-refractivity contribution in [3.8, 4) is 0 Å². The van der Waals surface area contributed by atoms with Gasteiger partial charge in [0.05, 0.1) is 0 Å². The molecule has 1 heterocycles. The molecule has 2 heteroatoms. The second-order valence-electron chi connectivity index (χ2n) is 6.56. The van der Waals surface area contributed by atoms with E-state index in [1.54, 1.807) is 0 Å². The van der Waals surface area contributed by atoms with Crippen LogP contribution in [0.2, 0.25) is 0 Å². The topological polar surface area (TPSA) is 38.9 Å². The van der Waals surface area contributed by atoms with Gasteiger partial charge in [-0.15, -0.1) is 0 Å². The Bertz CT molecular complexity index is 549. The highest BCUT2D eigenvalue weighted by atomic mass is 14.7. The van der Waals surface area contributed by atoms with E-state index in [-0.39, 0.29) is 11.5 Å². The van der Waals surface area contributed by atoms with Gasteiger partial charge in [-0.2, -0.15) is 0 Å². The summed E-state index contributed by atoms with van der Waals surface area (Å²) in [6, 6.07) is 8.37. The Kier molecular flexibility index (Phi) is 3.91. The summed E-state index contributed by atoms with van der Waals surface area (Å²) in [4.78, 5) is 4.32. The van der Waals surface area contributed by atoms with Crippen molar-refractivity contribution in [2.75, 3.05) is 0 Å². The van der Waals surface area contributed by atoms with Crippen LogP contribution in [0.25, 0.3) is 10.8 Å². The molecule has 2 rings (SSSR count). The molecule has 0 bridgehead atoms. The summed E-state index contributed by atoms with van der Waals surface area (Å²) in [6.07, 6.45) is 4.81. The lowest BCUT2D eigenvalue weighted by Crippen LogP contribution is -2.23. The van der Waals surface area contributed by atoms with Crippen LogP contribution in [0.4, 0.5) is 0 Å². The molecule has 0 saturated carbocycles. The zero-order valence-electron chi connectivity index (χ0n) is 12.4. The minimum atomic E-state index is 0.0489. The number of fused-ring (bicyclic) bond motifs is 1. The molecule has 0 aliphatic rings. The number of nitrogens with two attached hydrogens (primary N) is 1. The molecule has 0 aliphatic carbocycles. The lowest BCUT2D eigenvalue weighted by atomic mass is 9.77. The van der Waals surface area contributed by atoms with Crippen molar-refractivity contribution in [3.63, 3.8) is 0 Å².